The number of hydrogen-bond acceptors (Lipinski definition) is 4. The molecule has 32 heavy (non-hydrogen) atoms. The largest absolute Gasteiger partial charge is 0.453 e. The maximum Gasteiger partial charge on any atom is 0.325 e. The molecule has 0 bridgehead atoms. The molecule has 1 saturated heterocycles. The zero-order valence-corrected chi connectivity index (χ0v) is 17.5. The first-order chi connectivity index (χ1) is 15.5. The van der Waals surface area contributed by atoms with Gasteiger partial charge in [-0.25, -0.2) is 4.79 Å². The first kappa shape index (κ1) is 20.0. The molecular weight excluding hydrogens is 428 g/mol. The van der Waals surface area contributed by atoms with Crippen LogP contribution in [0.3, 0.4) is 0 Å². The molecule has 0 unspecified atom stereocenters. The minimum atomic E-state index is -1.42. The van der Waals surface area contributed by atoms with Gasteiger partial charge in [-0.2, -0.15) is 0 Å². The lowest BCUT2D eigenvalue weighted by molar-refractivity contribution is -0.129. The predicted octanol–water partition coefficient (Wildman–Crippen LogP) is 4.76. The highest BCUT2D eigenvalue weighted by Gasteiger charge is 2.54. The summed E-state index contributed by atoms with van der Waals surface area (Å²) in [5.41, 5.74) is 0.301. The standard InChI is InChI=1S/C25H17ClN2O4/c26-19-11-12-21-16(13-19)14-22(32-21)20(29)15-28-23(30)25(27-24(28)31,17-7-3-1-4-8-17)18-9-5-2-6-10-18/h1-14H,15H2,(H,27,31). The van der Waals surface area contributed by atoms with Gasteiger partial charge in [0.2, 0.25) is 5.78 Å². The SMILES string of the molecule is O=C(CN1C(=O)NC(c2ccccc2)(c2ccccc2)C1=O)c1cc2cc(Cl)ccc2o1. The van der Waals surface area contributed by atoms with Gasteiger partial charge in [0.1, 0.15) is 5.58 Å². The lowest BCUT2D eigenvalue weighted by atomic mass is 9.82. The van der Waals surface area contributed by atoms with E-state index in [1.54, 1.807) is 72.8 Å². The number of rotatable bonds is 5. The number of carbonyl (C=O) groups excluding carboxylic acids is 3. The number of furan rings is 1. The Kier molecular flexibility index (Phi) is 4.79. The number of nitrogens with one attached hydrogen (secondary N) is 1. The van der Waals surface area contributed by atoms with Crippen LogP contribution in [-0.4, -0.2) is 29.2 Å². The number of nitrogens with zero attached hydrogens (tertiary/aromatic N) is 1. The van der Waals surface area contributed by atoms with Crippen molar-refractivity contribution < 1.29 is 18.8 Å². The number of imide groups is 1. The third kappa shape index (κ3) is 3.16. The molecule has 158 valence electrons. The van der Waals surface area contributed by atoms with Crippen molar-refractivity contribution in [1.29, 1.82) is 0 Å². The lowest BCUT2D eigenvalue weighted by Gasteiger charge is -2.27. The fourth-order valence-electron chi connectivity index (χ4n) is 4.03. The summed E-state index contributed by atoms with van der Waals surface area (Å²) in [5.74, 6) is -0.954. The molecule has 5 rings (SSSR count). The number of amides is 3. The molecule has 0 spiro atoms. The third-order valence-corrected chi connectivity index (χ3v) is 5.81. The molecule has 0 aliphatic carbocycles. The van der Waals surface area contributed by atoms with Gasteiger partial charge in [-0.1, -0.05) is 72.3 Å². The van der Waals surface area contributed by atoms with E-state index < -0.39 is 29.8 Å². The topological polar surface area (TPSA) is 79.6 Å². The first-order valence-corrected chi connectivity index (χ1v) is 10.3. The van der Waals surface area contributed by atoms with Crippen molar-refractivity contribution in [1.82, 2.24) is 10.2 Å². The average molecular weight is 445 g/mol. The van der Waals surface area contributed by atoms with Crippen LogP contribution >= 0.6 is 11.6 Å². The summed E-state index contributed by atoms with van der Waals surface area (Å²) in [6.07, 6.45) is 0. The summed E-state index contributed by atoms with van der Waals surface area (Å²) in [6.45, 7) is -0.445. The molecule has 1 fully saturated rings. The Balaban J connectivity index is 1.51. The van der Waals surface area contributed by atoms with E-state index in [9.17, 15) is 14.4 Å². The van der Waals surface area contributed by atoms with E-state index in [1.165, 1.54) is 0 Å². The Bertz CT molecular complexity index is 1310. The van der Waals surface area contributed by atoms with Crippen molar-refractivity contribution in [2.24, 2.45) is 0 Å². The number of carbonyl (C=O) groups is 3. The minimum Gasteiger partial charge on any atom is -0.453 e. The van der Waals surface area contributed by atoms with E-state index in [-0.39, 0.29) is 5.76 Å². The van der Waals surface area contributed by atoms with Crippen LogP contribution in [-0.2, 0) is 10.3 Å². The van der Waals surface area contributed by atoms with Gasteiger partial charge >= 0.3 is 6.03 Å². The van der Waals surface area contributed by atoms with Crippen LogP contribution in [0.2, 0.25) is 5.02 Å². The van der Waals surface area contributed by atoms with Crippen LogP contribution in [0.4, 0.5) is 4.79 Å². The van der Waals surface area contributed by atoms with Gasteiger partial charge in [-0.05, 0) is 35.4 Å². The highest BCUT2D eigenvalue weighted by atomic mass is 35.5. The highest BCUT2D eigenvalue weighted by Crippen LogP contribution is 2.36. The highest BCUT2D eigenvalue weighted by molar-refractivity contribution is 6.31. The lowest BCUT2D eigenvalue weighted by Crippen LogP contribution is -2.45. The molecular formula is C25H17ClN2O4. The number of ketones is 1. The van der Waals surface area contributed by atoms with E-state index in [4.69, 9.17) is 16.0 Å². The molecule has 6 nitrogen and oxygen atoms in total. The Morgan fingerprint density at radius 1 is 0.906 bits per heavy atom. The van der Waals surface area contributed by atoms with E-state index in [1.807, 2.05) is 12.1 Å². The van der Waals surface area contributed by atoms with Gasteiger partial charge in [0, 0.05) is 10.4 Å². The second kappa shape index (κ2) is 7.66. The molecule has 7 heteroatoms. The van der Waals surface area contributed by atoms with Gasteiger partial charge in [-0.15, -0.1) is 0 Å². The molecule has 1 N–H and O–H groups in total. The molecule has 0 atom stereocenters. The summed E-state index contributed by atoms with van der Waals surface area (Å²) < 4.78 is 5.61. The number of urea groups is 1. The quantitative estimate of drug-likeness (QED) is 0.355. The van der Waals surface area contributed by atoms with Crippen molar-refractivity contribution in [3.8, 4) is 0 Å². The summed E-state index contributed by atoms with van der Waals surface area (Å²) in [6, 6.07) is 23.9. The molecule has 0 radical (unpaired) electrons. The van der Waals surface area contributed by atoms with Crippen molar-refractivity contribution in [2.75, 3.05) is 6.54 Å². The molecule has 1 aliphatic heterocycles. The summed E-state index contributed by atoms with van der Waals surface area (Å²) in [5, 5.41) is 4.01. The Morgan fingerprint density at radius 2 is 1.53 bits per heavy atom. The number of benzene rings is 3. The fourth-order valence-corrected chi connectivity index (χ4v) is 4.21. The van der Waals surface area contributed by atoms with Crippen LogP contribution in [0.25, 0.3) is 11.0 Å². The maximum atomic E-state index is 13.7. The molecule has 3 aromatic carbocycles. The van der Waals surface area contributed by atoms with E-state index in [0.29, 0.717) is 27.1 Å². The van der Waals surface area contributed by atoms with E-state index >= 15 is 0 Å². The second-order valence-electron chi connectivity index (χ2n) is 7.52. The van der Waals surface area contributed by atoms with Crippen LogP contribution in [0, 0.1) is 0 Å². The Labute approximate surface area is 188 Å². The molecule has 3 amide bonds. The Morgan fingerprint density at radius 3 is 2.16 bits per heavy atom. The van der Waals surface area contributed by atoms with Crippen molar-refractivity contribution >= 4 is 40.3 Å². The number of fused-ring (bicyclic) bond motifs is 1. The van der Waals surface area contributed by atoms with Crippen molar-refractivity contribution in [3.05, 3.63) is 107 Å². The van der Waals surface area contributed by atoms with E-state index in [2.05, 4.69) is 5.32 Å². The van der Waals surface area contributed by atoms with Crippen LogP contribution < -0.4 is 5.32 Å². The summed E-state index contributed by atoms with van der Waals surface area (Å²) in [4.78, 5) is 40.5. The molecule has 4 aromatic rings. The zero-order chi connectivity index (χ0) is 22.3. The summed E-state index contributed by atoms with van der Waals surface area (Å²) in [7, 11) is 0. The van der Waals surface area contributed by atoms with Crippen molar-refractivity contribution in [3.63, 3.8) is 0 Å². The van der Waals surface area contributed by atoms with Gasteiger partial charge in [0.05, 0.1) is 6.54 Å². The average Bonchev–Trinajstić information content (AvgIpc) is 3.35. The van der Waals surface area contributed by atoms with Gasteiger partial charge < -0.3 is 9.73 Å². The van der Waals surface area contributed by atoms with Crippen LogP contribution in [0.15, 0.2) is 89.3 Å². The third-order valence-electron chi connectivity index (χ3n) is 5.57. The molecule has 1 aromatic heterocycles. The smallest absolute Gasteiger partial charge is 0.325 e. The normalized spacial score (nSPS) is 15.2. The van der Waals surface area contributed by atoms with Gasteiger partial charge in [0.15, 0.2) is 11.3 Å². The predicted molar refractivity (Wildman–Crippen MR) is 119 cm³/mol. The molecule has 2 heterocycles. The summed E-state index contributed by atoms with van der Waals surface area (Å²) >= 11 is 6.00. The minimum absolute atomic E-state index is 0.0554. The molecule has 1 aliphatic rings. The van der Waals surface area contributed by atoms with Crippen molar-refractivity contribution in [2.45, 2.75) is 5.54 Å². The molecule has 0 saturated carbocycles. The van der Waals surface area contributed by atoms with Gasteiger partial charge in [-0.3, -0.25) is 14.5 Å². The number of Topliss-reactive ketones (excluding diaryl/α,β-unsaturated/α-hetero) is 1. The number of halogens is 1. The maximum absolute atomic E-state index is 13.7. The fraction of sp³-hybridized carbons (Fsp3) is 0.0800. The Hall–Kier alpha value is -3.90. The van der Waals surface area contributed by atoms with Crippen LogP contribution in [0.1, 0.15) is 21.7 Å². The monoisotopic (exact) mass is 444 g/mol. The van der Waals surface area contributed by atoms with E-state index in [0.717, 1.165) is 4.90 Å². The first-order valence-electron chi connectivity index (χ1n) is 9.96. The van der Waals surface area contributed by atoms with Gasteiger partial charge in [0.25, 0.3) is 5.91 Å². The number of hydrogen-bond donors (Lipinski definition) is 1. The zero-order valence-electron chi connectivity index (χ0n) is 16.7. The van der Waals surface area contributed by atoms with Crippen LogP contribution in [0.5, 0.6) is 0 Å². The second-order valence-corrected chi connectivity index (χ2v) is 7.96.